The lowest BCUT2D eigenvalue weighted by molar-refractivity contribution is -0.124. The molecule has 1 aromatic carbocycles. The first-order valence-electron chi connectivity index (χ1n) is 10.2. The summed E-state index contributed by atoms with van der Waals surface area (Å²) in [5, 5.41) is 6.14. The Balaban J connectivity index is 1.37. The fraction of sp³-hybridized carbons (Fsp3) is 0.619. The first-order chi connectivity index (χ1) is 13.0. The number of benzene rings is 1. The van der Waals surface area contributed by atoms with Crippen LogP contribution in [0, 0.1) is 5.92 Å². The minimum absolute atomic E-state index is 0.0281. The molecule has 6 heteroatoms. The van der Waals surface area contributed by atoms with Gasteiger partial charge < -0.3 is 10.6 Å². The van der Waals surface area contributed by atoms with Crippen molar-refractivity contribution in [3.63, 3.8) is 0 Å². The fourth-order valence-corrected chi connectivity index (χ4v) is 3.67. The highest BCUT2D eigenvalue weighted by atomic mass is 16.2. The van der Waals surface area contributed by atoms with Gasteiger partial charge in [0.15, 0.2) is 0 Å². The highest BCUT2D eigenvalue weighted by Crippen LogP contribution is 2.32. The van der Waals surface area contributed by atoms with Crippen molar-refractivity contribution in [2.45, 2.75) is 39.2 Å². The topological polar surface area (TPSA) is 64.7 Å². The Kier molecular flexibility index (Phi) is 6.85. The quantitative estimate of drug-likeness (QED) is 0.729. The lowest BCUT2D eigenvalue weighted by Crippen LogP contribution is -2.51. The van der Waals surface area contributed by atoms with E-state index in [1.807, 2.05) is 24.3 Å². The number of anilines is 1. The second-order valence-electron chi connectivity index (χ2n) is 7.80. The average Bonchev–Trinajstić information content (AvgIpc) is 3.49. The molecule has 2 amide bonds. The predicted molar refractivity (Wildman–Crippen MR) is 108 cm³/mol. The van der Waals surface area contributed by atoms with Crippen molar-refractivity contribution in [3.05, 3.63) is 29.8 Å². The van der Waals surface area contributed by atoms with Crippen molar-refractivity contribution in [3.8, 4) is 0 Å². The summed E-state index contributed by atoms with van der Waals surface area (Å²) < 4.78 is 0. The fourth-order valence-electron chi connectivity index (χ4n) is 3.67. The zero-order valence-corrected chi connectivity index (χ0v) is 16.5. The monoisotopic (exact) mass is 372 g/mol. The summed E-state index contributed by atoms with van der Waals surface area (Å²) in [5.74, 6) is 0.833. The molecule has 2 N–H and O–H groups in total. The van der Waals surface area contributed by atoms with Crippen LogP contribution in [0.3, 0.4) is 0 Å². The first kappa shape index (κ1) is 19.8. The summed E-state index contributed by atoms with van der Waals surface area (Å²) in [6.07, 6.45) is 3.38. The molecule has 2 aliphatic rings. The van der Waals surface area contributed by atoms with Crippen molar-refractivity contribution in [1.29, 1.82) is 0 Å². The van der Waals surface area contributed by atoms with Gasteiger partial charge in [-0.3, -0.25) is 19.4 Å². The maximum atomic E-state index is 12.4. The van der Waals surface area contributed by atoms with Gasteiger partial charge in [-0.2, -0.15) is 0 Å². The third-order valence-electron chi connectivity index (χ3n) is 5.59. The van der Waals surface area contributed by atoms with Crippen molar-refractivity contribution in [2.75, 3.05) is 44.6 Å². The first-order valence-corrected chi connectivity index (χ1v) is 10.2. The number of nitrogens with one attached hydrogen (secondary N) is 2. The van der Waals surface area contributed by atoms with Crippen LogP contribution >= 0.6 is 0 Å². The molecule has 148 valence electrons. The summed E-state index contributed by atoms with van der Waals surface area (Å²) in [7, 11) is 0. The molecule has 0 radical (unpaired) electrons. The van der Waals surface area contributed by atoms with Gasteiger partial charge >= 0.3 is 0 Å². The minimum Gasteiger partial charge on any atom is -0.352 e. The molecule has 6 nitrogen and oxygen atoms in total. The van der Waals surface area contributed by atoms with E-state index in [0.717, 1.165) is 43.9 Å². The van der Waals surface area contributed by atoms with Gasteiger partial charge in [-0.25, -0.2) is 0 Å². The zero-order valence-electron chi connectivity index (χ0n) is 16.5. The molecular weight excluding hydrogens is 340 g/mol. The van der Waals surface area contributed by atoms with Crippen LogP contribution in [0.15, 0.2) is 24.3 Å². The molecule has 0 bridgehead atoms. The van der Waals surface area contributed by atoms with E-state index >= 15 is 0 Å². The van der Waals surface area contributed by atoms with E-state index < -0.39 is 0 Å². The van der Waals surface area contributed by atoms with Crippen LogP contribution in [-0.2, 0) is 16.0 Å². The SMILES string of the molecule is CCc1ccccc1NC(=O)CN1CCN(CC(=O)N[C@H](C)C2CC2)CC1. The van der Waals surface area contributed by atoms with E-state index in [9.17, 15) is 9.59 Å². The average molecular weight is 373 g/mol. The van der Waals surface area contributed by atoms with E-state index in [4.69, 9.17) is 0 Å². The van der Waals surface area contributed by atoms with E-state index in [1.54, 1.807) is 0 Å². The standard InChI is InChI=1S/C21H32N4O2/c1-3-17-6-4-5-7-19(17)23-21(27)15-25-12-10-24(11-13-25)14-20(26)22-16(2)18-8-9-18/h4-7,16,18H,3,8-15H2,1-2H3,(H,22,26)(H,23,27)/t16-/m1/s1. The Labute approximate surface area is 162 Å². The Morgan fingerprint density at radius 3 is 2.22 bits per heavy atom. The number of aryl methyl sites for hydroxylation is 1. The Hall–Kier alpha value is -1.92. The number of carbonyl (C=O) groups excluding carboxylic acids is 2. The van der Waals surface area contributed by atoms with E-state index in [1.165, 1.54) is 12.8 Å². The summed E-state index contributed by atoms with van der Waals surface area (Å²) in [4.78, 5) is 28.8. The van der Waals surface area contributed by atoms with Crippen molar-refractivity contribution in [1.82, 2.24) is 15.1 Å². The Morgan fingerprint density at radius 2 is 1.63 bits per heavy atom. The number of para-hydroxylation sites is 1. The van der Waals surface area contributed by atoms with Gasteiger partial charge in [0, 0.05) is 37.9 Å². The zero-order chi connectivity index (χ0) is 19.2. The molecule has 1 aliphatic carbocycles. The van der Waals surface area contributed by atoms with Gasteiger partial charge in [0.25, 0.3) is 0 Å². The van der Waals surface area contributed by atoms with Crippen LogP contribution in [0.5, 0.6) is 0 Å². The third kappa shape index (κ3) is 6.04. The van der Waals surface area contributed by atoms with Gasteiger partial charge in [-0.1, -0.05) is 25.1 Å². The normalized spacial score (nSPS) is 19.5. The second-order valence-corrected chi connectivity index (χ2v) is 7.80. The number of piperazine rings is 1. The van der Waals surface area contributed by atoms with Crippen LogP contribution in [-0.4, -0.2) is 66.9 Å². The summed E-state index contributed by atoms with van der Waals surface area (Å²) in [6, 6.07) is 8.24. The van der Waals surface area contributed by atoms with Crippen molar-refractivity contribution < 1.29 is 9.59 Å². The predicted octanol–water partition coefficient (Wildman–Crippen LogP) is 1.72. The number of nitrogens with zero attached hydrogens (tertiary/aromatic N) is 2. The lowest BCUT2D eigenvalue weighted by atomic mass is 10.1. The molecule has 2 fully saturated rings. The van der Waals surface area contributed by atoms with Crippen LogP contribution in [0.25, 0.3) is 0 Å². The molecular formula is C21H32N4O2. The second kappa shape index (κ2) is 9.33. The van der Waals surface area contributed by atoms with Crippen LogP contribution in [0.1, 0.15) is 32.3 Å². The largest absolute Gasteiger partial charge is 0.352 e. The smallest absolute Gasteiger partial charge is 0.238 e. The van der Waals surface area contributed by atoms with E-state index in [0.29, 0.717) is 25.0 Å². The third-order valence-corrected chi connectivity index (χ3v) is 5.59. The molecule has 1 atom stereocenters. The summed E-state index contributed by atoms with van der Waals surface area (Å²) >= 11 is 0. The Morgan fingerprint density at radius 1 is 1.04 bits per heavy atom. The minimum atomic E-state index is 0.0281. The molecule has 1 saturated heterocycles. The highest BCUT2D eigenvalue weighted by Gasteiger charge is 2.29. The van der Waals surface area contributed by atoms with Crippen LogP contribution in [0.2, 0.25) is 0 Å². The van der Waals surface area contributed by atoms with E-state index in [2.05, 4.69) is 34.3 Å². The van der Waals surface area contributed by atoms with Gasteiger partial charge in [0.05, 0.1) is 13.1 Å². The molecule has 0 spiro atoms. The number of amides is 2. The molecule has 1 saturated carbocycles. The molecule has 0 aromatic heterocycles. The lowest BCUT2D eigenvalue weighted by Gasteiger charge is -2.34. The van der Waals surface area contributed by atoms with Crippen LogP contribution in [0.4, 0.5) is 5.69 Å². The van der Waals surface area contributed by atoms with Crippen molar-refractivity contribution in [2.24, 2.45) is 5.92 Å². The van der Waals surface area contributed by atoms with Gasteiger partial charge in [0.1, 0.15) is 0 Å². The molecule has 1 aliphatic heterocycles. The molecule has 3 rings (SSSR count). The van der Waals surface area contributed by atoms with Gasteiger partial charge in [-0.05, 0) is 43.7 Å². The van der Waals surface area contributed by atoms with Crippen LogP contribution < -0.4 is 10.6 Å². The number of rotatable bonds is 8. The van der Waals surface area contributed by atoms with Gasteiger partial charge in [-0.15, -0.1) is 0 Å². The maximum Gasteiger partial charge on any atom is 0.238 e. The number of hydrogen-bond donors (Lipinski definition) is 2. The van der Waals surface area contributed by atoms with Crippen molar-refractivity contribution >= 4 is 17.5 Å². The molecule has 0 unspecified atom stereocenters. The number of hydrogen-bond acceptors (Lipinski definition) is 4. The summed E-state index contributed by atoms with van der Waals surface area (Å²) in [5.41, 5.74) is 2.06. The van der Waals surface area contributed by atoms with Gasteiger partial charge in [0.2, 0.25) is 11.8 Å². The molecule has 1 heterocycles. The van der Waals surface area contributed by atoms with E-state index in [-0.39, 0.29) is 11.8 Å². The highest BCUT2D eigenvalue weighted by molar-refractivity contribution is 5.93. The summed E-state index contributed by atoms with van der Waals surface area (Å²) in [6.45, 7) is 8.32. The molecule has 1 aromatic rings. The molecule has 27 heavy (non-hydrogen) atoms. The number of carbonyl (C=O) groups is 2. The Bertz CT molecular complexity index is 651. The maximum absolute atomic E-state index is 12.4.